The largest absolute Gasteiger partial charge is 0.444 e. The van der Waals surface area contributed by atoms with Crippen molar-refractivity contribution in [1.29, 1.82) is 5.41 Å². The summed E-state index contributed by atoms with van der Waals surface area (Å²) < 4.78 is 20.8. The molecule has 0 aliphatic carbocycles. The Bertz CT molecular complexity index is 1560. The number of ether oxygens (including phenoxy) is 1. The van der Waals surface area contributed by atoms with Gasteiger partial charge in [-0.25, -0.2) is 9.18 Å². The highest BCUT2D eigenvalue weighted by molar-refractivity contribution is 6.04. The van der Waals surface area contributed by atoms with Gasteiger partial charge >= 0.3 is 6.09 Å². The highest BCUT2D eigenvalue weighted by Crippen LogP contribution is 2.31. The van der Waals surface area contributed by atoms with Gasteiger partial charge in [0, 0.05) is 29.4 Å². The van der Waals surface area contributed by atoms with Crippen LogP contribution in [-0.4, -0.2) is 23.9 Å². The van der Waals surface area contributed by atoms with Gasteiger partial charge in [0.05, 0.1) is 12.1 Å². The van der Waals surface area contributed by atoms with Crippen LogP contribution in [0.2, 0.25) is 0 Å². The van der Waals surface area contributed by atoms with Crippen molar-refractivity contribution >= 4 is 29.2 Å². The number of hydrogen-bond acceptors (Lipinski definition) is 6. The second-order valence-corrected chi connectivity index (χ2v) is 10.1. The van der Waals surface area contributed by atoms with E-state index in [4.69, 9.17) is 15.9 Å². The Hall–Kier alpha value is -5.18. The number of rotatable bonds is 10. The monoisotopic (exact) mass is 567 g/mol. The molecule has 0 radical (unpaired) electrons. The molecule has 9 heteroatoms. The van der Waals surface area contributed by atoms with E-state index in [0.29, 0.717) is 22.5 Å². The zero-order chi connectivity index (χ0) is 30.1. The van der Waals surface area contributed by atoms with E-state index in [2.05, 4.69) is 16.0 Å². The summed E-state index contributed by atoms with van der Waals surface area (Å²) >= 11 is 0. The zero-order valence-electron chi connectivity index (χ0n) is 23.5. The molecular formula is C33H34FN5O3. The van der Waals surface area contributed by atoms with E-state index < -0.39 is 11.9 Å². The summed E-state index contributed by atoms with van der Waals surface area (Å²) in [6.45, 7) is 4.14. The van der Waals surface area contributed by atoms with Crippen molar-refractivity contribution in [3.63, 3.8) is 0 Å². The van der Waals surface area contributed by atoms with Crippen LogP contribution >= 0.6 is 0 Å². The van der Waals surface area contributed by atoms with Gasteiger partial charge in [-0.15, -0.1) is 0 Å². The van der Waals surface area contributed by atoms with Gasteiger partial charge in [-0.2, -0.15) is 0 Å². The topological polar surface area (TPSA) is 129 Å². The van der Waals surface area contributed by atoms with Crippen molar-refractivity contribution in [2.75, 3.05) is 11.1 Å². The van der Waals surface area contributed by atoms with Crippen LogP contribution in [0, 0.1) is 11.2 Å². The zero-order valence-corrected chi connectivity index (χ0v) is 23.5. The molecule has 0 heterocycles. The van der Waals surface area contributed by atoms with E-state index in [1.165, 1.54) is 0 Å². The molecule has 0 saturated heterocycles. The maximum atomic E-state index is 15.6. The van der Waals surface area contributed by atoms with Crippen LogP contribution in [0.15, 0.2) is 91.0 Å². The standard InChI is InChI=1S/C33H34FN5O3/c1-21(2)38-29-16-15-27(25-9-6-10-26(35)17-25)28(31(29)34)18-30(40)37-19-22-11-13-24(14-12-22)32(36)39-33(41)42-20-23-7-4-3-5-8-23/h3-17,21,38H,18-20,35H2,1-2H3,(H,37,40)(H2,36,39,41). The van der Waals surface area contributed by atoms with Crippen molar-refractivity contribution in [2.24, 2.45) is 0 Å². The fraction of sp³-hybridized carbons (Fsp3) is 0.182. The van der Waals surface area contributed by atoms with Gasteiger partial charge in [0.15, 0.2) is 5.82 Å². The molecule has 0 unspecified atom stereocenters. The number of anilines is 2. The molecule has 0 spiro atoms. The Morgan fingerprint density at radius 2 is 1.67 bits per heavy atom. The lowest BCUT2D eigenvalue weighted by atomic mass is 9.95. The molecule has 0 aliphatic heterocycles. The van der Waals surface area contributed by atoms with E-state index >= 15 is 4.39 Å². The van der Waals surface area contributed by atoms with E-state index in [1.54, 1.807) is 54.6 Å². The van der Waals surface area contributed by atoms with Crippen molar-refractivity contribution in [3.05, 3.63) is 119 Å². The lowest BCUT2D eigenvalue weighted by Crippen LogP contribution is -2.31. The molecule has 8 nitrogen and oxygen atoms in total. The first-order valence-corrected chi connectivity index (χ1v) is 13.6. The lowest BCUT2D eigenvalue weighted by molar-refractivity contribution is -0.120. The van der Waals surface area contributed by atoms with Gasteiger partial charge in [0.25, 0.3) is 0 Å². The highest BCUT2D eigenvalue weighted by Gasteiger charge is 2.18. The predicted octanol–water partition coefficient (Wildman–Crippen LogP) is 6.01. The maximum Gasteiger partial charge on any atom is 0.413 e. The predicted molar refractivity (Wildman–Crippen MR) is 164 cm³/mol. The second-order valence-electron chi connectivity index (χ2n) is 10.1. The Morgan fingerprint density at radius 1 is 0.929 bits per heavy atom. The summed E-state index contributed by atoms with van der Waals surface area (Å²) in [7, 11) is 0. The average Bonchev–Trinajstić information content (AvgIpc) is 2.97. The number of halogens is 1. The van der Waals surface area contributed by atoms with Crippen LogP contribution in [0.1, 0.15) is 36.1 Å². The lowest BCUT2D eigenvalue weighted by Gasteiger charge is -2.17. The van der Waals surface area contributed by atoms with Crippen LogP contribution in [0.5, 0.6) is 0 Å². The van der Waals surface area contributed by atoms with Crippen LogP contribution in [0.25, 0.3) is 11.1 Å². The Morgan fingerprint density at radius 3 is 2.36 bits per heavy atom. The van der Waals surface area contributed by atoms with Gasteiger partial charge in [-0.05, 0) is 54.3 Å². The quantitative estimate of drug-likeness (QED) is 0.0911. The Kier molecular flexibility index (Phi) is 9.89. The summed E-state index contributed by atoms with van der Waals surface area (Å²) in [5.41, 5.74) is 10.5. The van der Waals surface area contributed by atoms with Crippen molar-refractivity contribution in [2.45, 2.75) is 39.5 Å². The first kappa shape index (κ1) is 29.8. The molecule has 0 bridgehead atoms. The number of amides is 2. The SMILES string of the molecule is CC(C)Nc1ccc(-c2cccc(N)c2)c(CC(=O)NCc2ccc(C(=N)NC(=O)OCc3ccccc3)cc2)c1F. The first-order chi connectivity index (χ1) is 20.2. The number of nitrogens with one attached hydrogen (secondary N) is 4. The number of alkyl carbamates (subject to hydrolysis) is 1. The number of hydrogen-bond donors (Lipinski definition) is 5. The van der Waals surface area contributed by atoms with Gasteiger partial charge in [0.2, 0.25) is 5.91 Å². The van der Waals surface area contributed by atoms with Crippen LogP contribution in [0.4, 0.5) is 20.6 Å². The molecular weight excluding hydrogens is 533 g/mol. The highest BCUT2D eigenvalue weighted by atomic mass is 19.1. The van der Waals surface area contributed by atoms with E-state index in [-0.39, 0.29) is 42.9 Å². The molecule has 0 atom stereocenters. The van der Waals surface area contributed by atoms with Crippen molar-refractivity contribution < 1.29 is 18.7 Å². The number of nitrogen functional groups attached to an aromatic ring is 1. The van der Waals surface area contributed by atoms with Gasteiger partial charge in [-0.1, -0.05) is 72.8 Å². The van der Waals surface area contributed by atoms with E-state index in [9.17, 15) is 9.59 Å². The molecule has 42 heavy (non-hydrogen) atoms. The minimum Gasteiger partial charge on any atom is -0.444 e. The molecule has 0 saturated carbocycles. The molecule has 4 aromatic carbocycles. The van der Waals surface area contributed by atoms with Gasteiger partial charge < -0.3 is 21.1 Å². The molecule has 4 rings (SSSR count). The number of amidine groups is 1. The fourth-order valence-electron chi connectivity index (χ4n) is 4.34. The fourth-order valence-corrected chi connectivity index (χ4v) is 4.34. The smallest absolute Gasteiger partial charge is 0.413 e. The summed E-state index contributed by atoms with van der Waals surface area (Å²) in [4.78, 5) is 25.0. The summed E-state index contributed by atoms with van der Waals surface area (Å²) in [5.74, 6) is -0.931. The third-order valence-electron chi connectivity index (χ3n) is 6.39. The molecule has 0 fully saturated rings. The van der Waals surface area contributed by atoms with Crippen LogP contribution in [0.3, 0.4) is 0 Å². The minimum absolute atomic E-state index is 0.0129. The third kappa shape index (κ3) is 8.17. The number of carbonyl (C=O) groups excluding carboxylic acids is 2. The molecule has 0 aromatic heterocycles. The third-order valence-corrected chi connectivity index (χ3v) is 6.39. The summed E-state index contributed by atoms with van der Waals surface area (Å²) in [5, 5.41) is 16.5. The van der Waals surface area contributed by atoms with E-state index in [1.807, 2.05) is 50.2 Å². The van der Waals surface area contributed by atoms with Gasteiger partial charge in [-0.3, -0.25) is 15.5 Å². The molecule has 0 aliphatic rings. The van der Waals surface area contributed by atoms with Gasteiger partial charge in [0.1, 0.15) is 12.4 Å². The van der Waals surface area contributed by atoms with Crippen LogP contribution in [-0.2, 0) is 29.1 Å². The Labute approximate surface area is 244 Å². The van der Waals surface area contributed by atoms with Crippen LogP contribution < -0.4 is 21.7 Å². The van der Waals surface area contributed by atoms with E-state index in [0.717, 1.165) is 16.7 Å². The Balaban J connectivity index is 1.36. The number of nitrogens with two attached hydrogens (primary N) is 1. The molecule has 6 N–H and O–H groups in total. The van der Waals surface area contributed by atoms with Crippen molar-refractivity contribution in [3.8, 4) is 11.1 Å². The molecule has 216 valence electrons. The number of benzene rings is 4. The first-order valence-electron chi connectivity index (χ1n) is 13.6. The summed E-state index contributed by atoms with van der Waals surface area (Å²) in [6, 6.07) is 26.7. The second kappa shape index (κ2) is 13.9. The van der Waals surface area contributed by atoms with Crippen molar-refractivity contribution in [1.82, 2.24) is 10.6 Å². The molecule has 2 amide bonds. The minimum atomic E-state index is -0.724. The maximum absolute atomic E-state index is 15.6. The molecule has 4 aromatic rings. The average molecular weight is 568 g/mol. The normalized spacial score (nSPS) is 10.7. The summed E-state index contributed by atoms with van der Waals surface area (Å²) in [6.07, 6.45) is -0.890. The number of carbonyl (C=O) groups is 2.